The van der Waals surface area contributed by atoms with Crippen molar-refractivity contribution in [3.05, 3.63) is 58.1 Å². The molecule has 0 spiro atoms. The fraction of sp³-hybridized carbons (Fsp3) is 0.467. The first kappa shape index (κ1) is 27.2. The van der Waals surface area contributed by atoms with Crippen molar-refractivity contribution in [2.75, 3.05) is 38.0 Å². The van der Waals surface area contributed by atoms with Crippen molar-refractivity contribution in [2.24, 2.45) is 5.92 Å². The highest BCUT2D eigenvalue weighted by molar-refractivity contribution is 6.35. The van der Waals surface area contributed by atoms with E-state index in [0.29, 0.717) is 32.9 Å². The molecule has 210 valence electrons. The second-order valence-electron chi connectivity index (χ2n) is 11.2. The highest BCUT2D eigenvalue weighted by Gasteiger charge is 2.28. The quantitative estimate of drug-likeness (QED) is 0.214. The largest absolute Gasteiger partial charge is 0.360 e. The van der Waals surface area contributed by atoms with Crippen LogP contribution in [0.4, 0.5) is 5.82 Å². The molecule has 6 rings (SSSR count). The molecule has 2 fully saturated rings. The van der Waals surface area contributed by atoms with Gasteiger partial charge in [-0.1, -0.05) is 29.6 Å². The zero-order valence-electron chi connectivity index (χ0n) is 22.8. The molecule has 4 heterocycles. The molecule has 0 unspecified atom stereocenters. The van der Waals surface area contributed by atoms with Gasteiger partial charge in [-0.05, 0) is 94.9 Å². The normalized spacial score (nSPS) is 18.7. The molecule has 2 aromatic heterocycles. The lowest BCUT2D eigenvalue weighted by Gasteiger charge is -2.19. The van der Waals surface area contributed by atoms with Gasteiger partial charge in [0, 0.05) is 23.5 Å². The predicted octanol–water partition coefficient (Wildman–Crippen LogP) is 6.71. The highest BCUT2D eigenvalue weighted by atomic mass is 35.5. The van der Waals surface area contributed by atoms with Crippen molar-refractivity contribution in [1.82, 2.24) is 29.7 Å². The number of nitrogens with zero attached hydrogens (tertiary/aromatic N) is 5. The number of likely N-dealkylation sites (tertiary alicyclic amines) is 2. The summed E-state index contributed by atoms with van der Waals surface area (Å²) in [5, 5.41) is 5.23. The fourth-order valence-corrected chi connectivity index (χ4v) is 6.44. The van der Waals surface area contributed by atoms with Gasteiger partial charge in [0.1, 0.15) is 18.0 Å². The molecule has 1 amide bonds. The maximum absolute atomic E-state index is 13.5. The third-order valence-electron chi connectivity index (χ3n) is 8.29. The molecule has 0 aliphatic carbocycles. The molecule has 4 aromatic rings. The summed E-state index contributed by atoms with van der Waals surface area (Å²) in [6.07, 6.45) is 8.92. The van der Waals surface area contributed by atoms with Crippen molar-refractivity contribution in [1.29, 1.82) is 0 Å². The molecular weight excluding hydrogens is 545 g/mol. The minimum absolute atomic E-state index is 0.0195. The molecule has 2 saturated heterocycles. The Morgan fingerprint density at radius 2 is 1.95 bits per heavy atom. The van der Waals surface area contributed by atoms with Gasteiger partial charge in [0.2, 0.25) is 0 Å². The molecule has 10 heteroatoms. The molecule has 2 N–H and O–H groups in total. The van der Waals surface area contributed by atoms with Crippen molar-refractivity contribution >= 4 is 56.9 Å². The summed E-state index contributed by atoms with van der Waals surface area (Å²) < 4.78 is 0. The number of aromatic nitrogens is 4. The number of unbranched alkanes of at least 4 members (excludes halogenated alkanes) is 1. The highest BCUT2D eigenvalue weighted by Crippen LogP contribution is 2.31. The summed E-state index contributed by atoms with van der Waals surface area (Å²) in [5.74, 6) is 1.94. The van der Waals surface area contributed by atoms with E-state index in [1.807, 2.05) is 30.0 Å². The third-order valence-corrected chi connectivity index (χ3v) is 8.84. The fourth-order valence-electron chi connectivity index (χ4n) is 6.03. The number of rotatable bonds is 9. The summed E-state index contributed by atoms with van der Waals surface area (Å²) in [7, 11) is 0. The Hall–Kier alpha value is -2.94. The van der Waals surface area contributed by atoms with Gasteiger partial charge >= 0.3 is 0 Å². The van der Waals surface area contributed by atoms with Crippen LogP contribution in [0.3, 0.4) is 0 Å². The molecule has 2 aliphatic rings. The zero-order valence-corrected chi connectivity index (χ0v) is 24.3. The van der Waals surface area contributed by atoms with Gasteiger partial charge in [-0.15, -0.1) is 0 Å². The number of carbonyl (C=O) groups excluding carboxylic acids is 1. The van der Waals surface area contributed by atoms with Crippen molar-refractivity contribution in [3.63, 3.8) is 0 Å². The Morgan fingerprint density at radius 3 is 2.80 bits per heavy atom. The van der Waals surface area contributed by atoms with Gasteiger partial charge in [-0.2, -0.15) is 0 Å². The molecule has 0 bridgehead atoms. The van der Waals surface area contributed by atoms with E-state index in [1.54, 1.807) is 12.1 Å². The van der Waals surface area contributed by atoms with Crippen LogP contribution in [-0.4, -0.2) is 68.4 Å². The number of anilines is 1. The Morgan fingerprint density at radius 1 is 1.10 bits per heavy atom. The maximum Gasteiger partial charge on any atom is 0.255 e. The lowest BCUT2D eigenvalue weighted by molar-refractivity contribution is 0.0786. The number of aromatic amines is 1. The standard InChI is InChI=1S/C30H35Cl2N7O/c1-19(28-36-25-8-7-21(31)14-27(25)37-28)35-29-23-15-24(32)22(16-26(23)33-18-34-29)30(40)39-13-9-20(17-39)6-2-3-10-38-11-4-5-12-38/h7-8,14-16,18-20H,2-6,9-13,17H2,1H3,(H,36,37)(H,33,34,35)/t19-,20-/m1/s1. The lowest BCUT2D eigenvalue weighted by atomic mass is 10.0. The van der Waals surface area contributed by atoms with E-state index >= 15 is 0 Å². The summed E-state index contributed by atoms with van der Waals surface area (Å²) in [6, 6.07) is 9.01. The van der Waals surface area contributed by atoms with E-state index in [4.69, 9.17) is 23.2 Å². The van der Waals surface area contributed by atoms with E-state index in [-0.39, 0.29) is 11.9 Å². The first-order valence-electron chi connectivity index (χ1n) is 14.3. The summed E-state index contributed by atoms with van der Waals surface area (Å²) in [4.78, 5) is 34.9. The molecule has 2 aromatic carbocycles. The SMILES string of the molecule is C[C@@H](Nc1ncnc2cc(C(=O)N3CC[C@@H](CCCCN4CCCC4)C3)c(Cl)cc12)c1nc2cc(Cl)ccc2[nH]1. The Balaban J connectivity index is 1.11. The minimum Gasteiger partial charge on any atom is -0.360 e. The van der Waals surface area contributed by atoms with Crippen molar-refractivity contribution in [2.45, 2.75) is 51.5 Å². The number of H-pyrrole nitrogens is 1. The number of halogens is 2. The Bertz CT molecular complexity index is 1520. The molecule has 0 radical (unpaired) electrons. The number of hydrogen-bond donors (Lipinski definition) is 2. The molecule has 2 aliphatic heterocycles. The number of fused-ring (bicyclic) bond motifs is 2. The van der Waals surface area contributed by atoms with Crippen LogP contribution >= 0.6 is 23.2 Å². The molecule has 8 nitrogen and oxygen atoms in total. The predicted molar refractivity (Wildman–Crippen MR) is 161 cm³/mol. The van der Waals surface area contributed by atoms with Crippen LogP contribution in [-0.2, 0) is 0 Å². The number of nitrogens with one attached hydrogen (secondary N) is 2. The summed E-state index contributed by atoms with van der Waals surface area (Å²) >= 11 is 12.8. The maximum atomic E-state index is 13.5. The average molecular weight is 581 g/mol. The first-order chi connectivity index (χ1) is 19.4. The molecular formula is C30H35Cl2N7O. The van der Waals surface area contributed by atoms with Gasteiger partial charge in [0.05, 0.1) is 33.2 Å². The average Bonchev–Trinajstić information content (AvgIpc) is 3.72. The molecule has 0 saturated carbocycles. The lowest BCUT2D eigenvalue weighted by Crippen LogP contribution is -2.29. The second kappa shape index (κ2) is 11.9. The number of carbonyl (C=O) groups is 1. The van der Waals surface area contributed by atoms with E-state index in [9.17, 15) is 4.79 Å². The van der Waals surface area contributed by atoms with Crippen LogP contribution in [0.1, 0.15) is 67.7 Å². The molecule has 2 atom stereocenters. The van der Waals surface area contributed by atoms with E-state index < -0.39 is 0 Å². The summed E-state index contributed by atoms with van der Waals surface area (Å²) in [5.41, 5.74) is 2.89. The van der Waals surface area contributed by atoms with Crippen LogP contribution in [0.25, 0.3) is 21.9 Å². The first-order valence-corrected chi connectivity index (χ1v) is 15.1. The van der Waals surface area contributed by atoms with Gasteiger partial charge in [-0.3, -0.25) is 4.79 Å². The third kappa shape index (κ3) is 5.90. The van der Waals surface area contributed by atoms with Crippen LogP contribution in [0.2, 0.25) is 10.0 Å². The number of benzene rings is 2. The van der Waals surface area contributed by atoms with Crippen LogP contribution < -0.4 is 5.32 Å². The van der Waals surface area contributed by atoms with Crippen LogP contribution in [0.15, 0.2) is 36.7 Å². The van der Waals surface area contributed by atoms with Crippen molar-refractivity contribution in [3.8, 4) is 0 Å². The Kier molecular flexibility index (Phi) is 8.10. The molecule has 40 heavy (non-hydrogen) atoms. The van der Waals surface area contributed by atoms with Gasteiger partial charge in [0.15, 0.2) is 0 Å². The number of hydrogen-bond acceptors (Lipinski definition) is 6. The monoisotopic (exact) mass is 579 g/mol. The van der Waals surface area contributed by atoms with Gasteiger partial charge in [-0.25, -0.2) is 15.0 Å². The van der Waals surface area contributed by atoms with Crippen LogP contribution in [0.5, 0.6) is 0 Å². The number of imidazole rings is 1. The van der Waals surface area contributed by atoms with E-state index in [1.165, 1.54) is 58.1 Å². The topological polar surface area (TPSA) is 90.0 Å². The smallest absolute Gasteiger partial charge is 0.255 e. The van der Waals surface area contributed by atoms with E-state index in [0.717, 1.165) is 41.8 Å². The van der Waals surface area contributed by atoms with Crippen molar-refractivity contribution < 1.29 is 4.79 Å². The number of amides is 1. The van der Waals surface area contributed by atoms with Gasteiger partial charge < -0.3 is 20.1 Å². The summed E-state index contributed by atoms with van der Waals surface area (Å²) in [6.45, 7) is 7.32. The van der Waals surface area contributed by atoms with Crippen LogP contribution in [0, 0.1) is 5.92 Å². The minimum atomic E-state index is -0.166. The zero-order chi connectivity index (χ0) is 27.6. The van der Waals surface area contributed by atoms with E-state index in [2.05, 4.69) is 30.2 Å². The Labute approximate surface area is 244 Å². The second-order valence-corrected chi connectivity index (χ2v) is 12.0. The van der Waals surface area contributed by atoms with Gasteiger partial charge in [0.25, 0.3) is 5.91 Å².